The van der Waals surface area contributed by atoms with Gasteiger partial charge >= 0.3 is 5.97 Å². The van der Waals surface area contributed by atoms with Crippen LogP contribution in [0.3, 0.4) is 0 Å². The number of aryl methyl sites for hydroxylation is 3. The summed E-state index contributed by atoms with van der Waals surface area (Å²) in [5.41, 5.74) is 4.97. The number of esters is 1. The van der Waals surface area contributed by atoms with E-state index in [1.54, 1.807) is 0 Å². The molecule has 0 radical (unpaired) electrons. The van der Waals surface area contributed by atoms with Gasteiger partial charge in [-0.3, -0.25) is 4.79 Å². The summed E-state index contributed by atoms with van der Waals surface area (Å²) in [7, 11) is 5.41. The fourth-order valence-electron chi connectivity index (χ4n) is 2.15. The second kappa shape index (κ2) is 6.01. The van der Waals surface area contributed by atoms with Gasteiger partial charge in [0.15, 0.2) is 0 Å². The summed E-state index contributed by atoms with van der Waals surface area (Å²) in [6.07, 6.45) is 0.382. The first-order valence-corrected chi connectivity index (χ1v) is 6.17. The summed E-state index contributed by atoms with van der Waals surface area (Å²) in [5, 5.41) is 0. The molecular formula is C15H23NO2. The number of carbonyl (C=O) groups excluding carboxylic acids is 1. The van der Waals surface area contributed by atoms with Gasteiger partial charge in [-0.15, -0.1) is 0 Å². The maximum atomic E-state index is 11.5. The van der Waals surface area contributed by atoms with Crippen LogP contribution in [0, 0.1) is 20.8 Å². The SMILES string of the molecule is COC(=O)CC(c1cc(C)c(C)cc1C)N(C)C. The average molecular weight is 249 g/mol. The first-order valence-electron chi connectivity index (χ1n) is 6.17. The minimum Gasteiger partial charge on any atom is -0.469 e. The van der Waals surface area contributed by atoms with E-state index in [1.165, 1.54) is 29.4 Å². The number of methoxy groups -OCH3 is 1. The van der Waals surface area contributed by atoms with Crippen molar-refractivity contribution < 1.29 is 9.53 Å². The van der Waals surface area contributed by atoms with Crippen LogP contribution in [0.15, 0.2) is 12.1 Å². The van der Waals surface area contributed by atoms with E-state index in [0.717, 1.165) is 0 Å². The van der Waals surface area contributed by atoms with Crippen molar-refractivity contribution in [2.75, 3.05) is 21.2 Å². The topological polar surface area (TPSA) is 29.5 Å². The van der Waals surface area contributed by atoms with E-state index in [1.807, 2.05) is 14.1 Å². The molecule has 1 rings (SSSR count). The Bertz CT molecular complexity index is 438. The Morgan fingerprint density at radius 1 is 1.17 bits per heavy atom. The quantitative estimate of drug-likeness (QED) is 0.768. The van der Waals surface area contributed by atoms with Crippen LogP contribution in [0.5, 0.6) is 0 Å². The number of carbonyl (C=O) groups is 1. The van der Waals surface area contributed by atoms with Crippen molar-refractivity contribution in [2.45, 2.75) is 33.2 Å². The van der Waals surface area contributed by atoms with Gasteiger partial charge in [0, 0.05) is 6.04 Å². The molecule has 3 heteroatoms. The Morgan fingerprint density at radius 3 is 2.22 bits per heavy atom. The number of rotatable bonds is 4. The molecule has 0 aliphatic heterocycles. The zero-order valence-corrected chi connectivity index (χ0v) is 12.2. The molecule has 0 spiro atoms. The molecule has 1 aromatic rings. The van der Waals surface area contributed by atoms with Crippen molar-refractivity contribution in [3.8, 4) is 0 Å². The lowest BCUT2D eigenvalue weighted by molar-refractivity contribution is -0.141. The van der Waals surface area contributed by atoms with E-state index < -0.39 is 0 Å². The molecule has 0 saturated heterocycles. The van der Waals surface area contributed by atoms with Gasteiger partial charge in [-0.2, -0.15) is 0 Å². The standard InChI is InChI=1S/C15H23NO2/c1-10-7-12(3)13(8-11(10)2)14(16(4)5)9-15(17)18-6/h7-8,14H,9H2,1-6H3. The Morgan fingerprint density at radius 2 is 1.72 bits per heavy atom. The van der Waals surface area contributed by atoms with Crippen LogP contribution < -0.4 is 0 Å². The van der Waals surface area contributed by atoms with Gasteiger partial charge in [0.2, 0.25) is 0 Å². The number of ether oxygens (including phenoxy) is 1. The third kappa shape index (κ3) is 3.33. The van der Waals surface area contributed by atoms with Gasteiger partial charge in [-0.25, -0.2) is 0 Å². The molecule has 0 aliphatic rings. The van der Waals surface area contributed by atoms with Crippen LogP contribution in [0.4, 0.5) is 0 Å². The number of hydrogen-bond donors (Lipinski definition) is 0. The van der Waals surface area contributed by atoms with Gasteiger partial charge in [0.25, 0.3) is 0 Å². The van der Waals surface area contributed by atoms with Gasteiger partial charge in [-0.1, -0.05) is 12.1 Å². The number of nitrogens with zero attached hydrogens (tertiary/aromatic N) is 1. The molecule has 0 amide bonds. The van der Waals surface area contributed by atoms with Gasteiger partial charge < -0.3 is 9.64 Å². The van der Waals surface area contributed by atoms with Crippen LogP contribution in [0.1, 0.15) is 34.7 Å². The lowest BCUT2D eigenvalue weighted by Crippen LogP contribution is -2.24. The van der Waals surface area contributed by atoms with Gasteiger partial charge in [0.05, 0.1) is 13.5 Å². The lowest BCUT2D eigenvalue weighted by Gasteiger charge is -2.26. The van der Waals surface area contributed by atoms with Crippen molar-refractivity contribution >= 4 is 5.97 Å². The summed E-state index contributed by atoms with van der Waals surface area (Å²) < 4.78 is 4.78. The van der Waals surface area contributed by atoms with E-state index in [0.29, 0.717) is 6.42 Å². The summed E-state index contributed by atoms with van der Waals surface area (Å²) >= 11 is 0. The van der Waals surface area contributed by atoms with Crippen LogP contribution in [0.25, 0.3) is 0 Å². The highest BCUT2D eigenvalue weighted by molar-refractivity contribution is 5.70. The number of benzene rings is 1. The highest BCUT2D eigenvalue weighted by Crippen LogP contribution is 2.27. The number of hydrogen-bond acceptors (Lipinski definition) is 3. The molecule has 0 fully saturated rings. The second-order valence-electron chi connectivity index (χ2n) is 5.05. The first-order chi connectivity index (χ1) is 8.36. The fraction of sp³-hybridized carbons (Fsp3) is 0.533. The molecule has 100 valence electrons. The zero-order chi connectivity index (χ0) is 13.9. The molecule has 0 saturated carbocycles. The summed E-state index contributed by atoms with van der Waals surface area (Å²) in [5.74, 6) is -0.175. The molecule has 0 bridgehead atoms. The molecule has 0 aromatic heterocycles. The summed E-state index contributed by atoms with van der Waals surface area (Å²) in [4.78, 5) is 13.6. The molecule has 18 heavy (non-hydrogen) atoms. The van der Waals surface area contributed by atoms with Crippen LogP contribution in [-0.2, 0) is 9.53 Å². The van der Waals surface area contributed by atoms with Crippen molar-refractivity contribution in [3.63, 3.8) is 0 Å². The lowest BCUT2D eigenvalue weighted by atomic mass is 9.93. The molecular weight excluding hydrogens is 226 g/mol. The highest BCUT2D eigenvalue weighted by atomic mass is 16.5. The Kier molecular flexibility index (Phi) is 4.91. The highest BCUT2D eigenvalue weighted by Gasteiger charge is 2.20. The predicted octanol–water partition coefficient (Wildman–Crippen LogP) is 2.78. The molecule has 1 aromatic carbocycles. The summed E-state index contributed by atoms with van der Waals surface area (Å²) in [6.45, 7) is 6.30. The van der Waals surface area contributed by atoms with Crippen molar-refractivity contribution in [1.29, 1.82) is 0 Å². The predicted molar refractivity (Wildman–Crippen MR) is 73.7 cm³/mol. The normalized spacial score (nSPS) is 12.6. The molecule has 1 atom stereocenters. The molecule has 0 aliphatic carbocycles. The van der Waals surface area contributed by atoms with Crippen molar-refractivity contribution in [1.82, 2.24) is 4.90 Å². The van der Waals surface area contributed by atoms with E-state index in [2.05, 4.69) is 37.8 Å². The zero-order valence-electron chi connectivity index (χ0n) is 12.2. The third-order valence-corrected chi connectivity index (χ3v) is 3.45. The Labute approximate surface area is 110 Å². The van der Waals surface area contributed by atoms with Crippen LogP contribution >= 0.6 is 0 Å². The Balaban J connectivity index is 3.13. The van der Waals surface area contributed by atoms with E-state index in [9.17, 15) is 4.79 Å². The average Bonchev–Trinajstić information content (AvgIpc) is 2.30. The van der Waals surface area contributed by atoms with Crippen molar-refractivity contribution in [2.24, 2.45) is 0 Å². The maximum Gasteiger partial charge on any atom is 0.307 e. The van der Waals surface area contributed by atoms with Gasteiger partial charge in [0.1, 0.15) is 0 Å². The molecule has 3 nitrogen and oxygen atoms in total. The fourth-order valence-corrected chi connectivity index (χ4v) is 2.15. The molecule has 0 N–H and O–H groups in total. The first kappa shape index (κ1) is 14.7. The second-order valence-corrected chi connectivity index (χ2v) is 5.05. The monoisotopic (exact) mass is 249 g/mol. The van der Waals surface area contributed by atoms with Crippen LogP contribution in [-0.4, -0.2) is 32.1 Å². The van der Waals surface area contributed by atoms with Gasteiger partial charge in [-0.05, 0) is 57.1 Å². The van der Waals surface area contributed by atoms with E-state index in [4.69, 9.17) is 4.74 Å². The van der Waals surface area contributed by atoms with E-state index in [-0.39, 0.29) is 12.0 Å². The third-order valence-electron chi connectivity index (χ3n) is 3.45. The Hall–Kier alpha value is -1.35. The minimum absolute atomic E-state index is 0.0664. The summed E-state index contributed by atoms with van der Waals surface area (Å²) in [6, 6.07) is 4.42. The molecule has 0 heterocycles. The molecule has 1 unspecified atom stereocenters. The largest absolute Gasteiger partial charge is 0.469 e. The van der Waals surface area contributed by atoms with E-state index >= 15 is 0 Å². The maximum absolute atomic E-state index is 11.5. The van der Waals surface area contributed by atoms with Crippen LogP contribution in [0.2, 0.25) is 0 Å². The minimum atomic E-state index is -0.175. The van der Waals surface area contributed by atoms with Crippen molar-refractivity contribution in [3.05, 3.63) is 34.4 Å². The smallest absolute Gasteiger partial charge is 0.307 e.